The third-order valence-corrected chi connectivity index (χ3v) is 2.39. The van der Waals surface area contributed by atoms with E-state index in [1.54, 1.807) is 31.6 Å². The van der Waals surface area contributed by atoms with Gasteiger partial charge in [-0.2, -0.15) is 5.10 Å². The fourth-order valence-corrected chi connectivity index (χ4v) is 1.64. The molecule has 6 heteroatoms. The number of nitrogens with zero attached hydrogens (tertiary/aromatic N) is 2. The van der Waals surface area contributed by atoms with Gasteiger partial charge < -0.3 is 5.11 Å². The first kappa shape index (κ1) is 11.4. The number of hydrogen-bond donors (Lipinski definition) is 2. The van der Waals surface area contributed by atoms with Crippen LogP contribution in [0.5, 0.6) is 0 Å². The number of nitrogens with two attached hydrogens (primary N) is 1. The highest BCUT2D eigenvalue weighted by Gasteiger charge is 2.17. The number of hydrogen-bond acceptors (Lipinski definition) is 3. The third-order valence-electron chi connectivity index (χ3n) is 1.77. The van der Waals surface area contributed by atoms with Crippen LogP contribution in [0.25, 0.3) is 0 Å². The molecule has 0 fully saturated rings. The third kappa shape index (κ3) is 2.90. The lowest BCUT2D eigenvalue weighted by Gasteiger charge is -2.16. The van der Waals surface area contributed by atoms with Crippen LogP contribution in [0.2, 0.25) is 0 Å². The number of aliphatic hydroxyl groups is 1. The lowest BCUT2D eigenvalue weighted by Crippen LogP contribution is -2.23. The lowest BCUT2D eigenvalue weighted by atomic mass is 10.0. The highest BCUT2D eigenvalue weighted by molar-refractivity contribution is 7.82. The van der Waals surface area contributed by atoms with E-state index in [0.29, 0.717) is 11.4 Å². The van der Waals surface area contributed by atoms with Crippen molar-refractivity contribution >= 4 is 11.0 Å². The smallest absolute Gasteiger partial charge is 0.164 e. The zero-order chi connectivity index (χ0) is 10.9. The molecule has 5 nitrogen and oxygen atoms in total. The summed E-state index contributed by atoms with van der Waals surface area (Å²) in [5, 5.41) is 19.1. The van der Waals surface area contributed by atoms with Crippen molar-refractivity contribution in [3.63, 3.8) is 0 Å². The molecule has 3 N–H and O–H groups in total. The van der Waals surface area contributed by atoms with Gasteiger partial charge in [0.2, 0.25) is 0 Å². The SMILES string of the molecule is Cn1nc(S(N)=O)cc1CC(C)(C)O. The molecule has 1 aromatic rings. The Morgan fingerprint density at radius 1 is 1.71 bits per heavy atom. The summed E-state index contributed by atoms with van der Waals surface area (Å²) in [7, 11) is 0.173. The molecule has 1 rings (SSSR count). The Labute approximate surface area is 85.5 Å². The van der Waals surface area contributed by atoms with Gasteiger partial charge in [0.05, 0.1) is 5.60 Å². The average molecular weight is 217 g/mol. The van der Waals surface area contributed by atoms with Crippen molar-refractivity contribution in [2.24, 2.45) is 12.2 Å². The summed E-state index contributed by atoms with van der Waals surface area (Å²) < 4.78 is 12.5. The zero-order valence-corrected chi connectivity index (χ0v) is 9.34. The fraction of sp³-hybridized carbons (Fsp3) is 0.625. The van der Waals surface area contributed by atoms with Gasteiger partial charge in [-0.3, -0.25) is 4.68 Å². The van der Waals surface area contributed by atoms with Gasteiger partial charge in [-0.1, -0.05) is 0 Å². The molecule has 0 bridgehead atoms. The first-order valence-electron chi connectivity index (χ1n) is 4.21. The monoisotopic (exact) mass is 217 g/mol. The summed E-state index contributed by atoms with van der Waals surface area (Å²) in [4.78, 5) is 0. The lowest BCUT2D eigenvalue weighted by molar-refractivity contribution is 0.0789. The van der Waals surface area contributed by atoms with Gasteiger partial charge in [-0.25, -0.2) is 9.35 Å². The van der Waals surface area contributed by atoms with Crippen molar-refractivity contribution in [2.75, 3.05) is 0 Å². The summed E-state index contributed by atoms with van der Waals surface area (Å²) in [5.74, 6) is 0. The highest BCUT2D eigenvalue weighted by Crippen LogP contribution is 2.13. The maximum Gasteiger partial charge on any atom is 0.164 e. The molecule has 1 heterocycles. The van der Waals surface area contributed by atoms with Crippen molar-refractivity contribution in [3.8, 4) is 0 Å². The Hall–Kier alpha value is -0.720. The summed E-state index contributed by atoms with van der Waals surface area (Å²) in [6.07, 6.45) is 0.452. The molecule has 0 aromatic carbocycles. The van der Waals surface area contributed by atoms with Crippen LogP contribution < -0.4 is 5.14 Å². The van der Waals surface area contributed by atoms with Crippen molar-refractivity contribution in [1.29, 1.82) is 0 Å². The average Bonchev–Trinajstić information content (AvgIpc) is 2.29. The topological polar surface area (TPSA) is 81.1 Å². The number of aromatic nitrogens is 2. The van der Waals surface area contributed by atoms with Crippen LogP contribution >= 0.6 is 0 Å². The Morgan fingerprint density at radius 3 is 2.64 bits per heavy atom. The Balaban J connectivity index is 2.94. The molecule has 14 heavy (non-hydrogen) atoms. The van der Waals surface area contributed by atoms with Gasteiger partial charge in [0.15, 0.2) is 5.03 Å². The van der Waals surface area contributed by atoms with Crippen LogP contribution in [-0.4, -0.2) is 24.7 Å². The minimum Gasteiger partial charge on any atom is -0.390 e. The van der Waals surface area contributed by atoms with E-state index < -0.39 is 16.6 Å². The van der Waals surface area contributed by atoms with Crippen molar-refractivity contribution in [2.45, 2.75) is 30.9 Å². The Morgan fingerprint density at radius 2 is 2.29 bits per heavy atom. The normalized spacial score (nSPS) is 14.4. The van der Waals surface area contributed by atoms with Crippen LogP contribution in [-0.2, 0) is 24.5 Å². The second-order valence-corrected chi connectivity index (χ2v) is 4.90. The first-order valence-corrected chi connectivity index (χ1v) is 5.42. The van der Waals surface area contributed by atoms with E-state index in [9.17, 15) is 9.32 Å². The molecule has 0 saturated carbocycles. The van der Waals surface area contributed by atoms with Crippen LogP contribution in [0.1, 0.15) is 19.5 Å². The van der Waals surface area contributed by atoms with Gasteiger partial charge >= 0.3 is 0 Å². The van der Waals surface area contributed by atoms with E-state index in [-0.39, 0.29) is 0 Å². The van der Waals surface area contributed by atoms with Crippen LogP contribution in [0.4, 0.5) is 0 Å². The molecule has 0 aliphatic carbocycles. The molecular weight excluding hydrogens is 202 g/mol. The van der Waals surface area contributed by atoms with Gasteiger partial charge in [-0.15, -0.1) is 0 Å². The largest absolute Gasteiger partial charge is 0.390 e. The predicted molar refractivity (Wildman–Crippen MR) is 53.8 cm³/mol. The van der Waals surface area contributed by atoms with Crippen LogP contribution in [0.3, 0.4) is 0 Å². The molecule has 1 unspecified atom stereocenters. The molecule has 0 spiro atoms. The van der Waals surface area contributed by atoms with Gasteiger partial charge in [0, 0.05) is 19.2 Å². The summed E-state index contributed by atoms with van der Waals surface area (Å²) in [6.45, 7) is 3.41. The molecule has 80 valence electrons. The standard InChI is InChI=1S/C8H15N3O2S/c1-8(2,12)5-6-4-7(14(9)13)10-11(6)3/h4,12H,5,9H2,1-3H3. The predicted octanol–water partition coefficient (Wildman–Crippen LogP) is -0.285. The molecule has 0 amide bonds. The van der Waals surface area contributed by atoms with E-state index in [1.165, 1.54) is 0 Å². The maximum absolute atomic E-state index is 10.9. The zero-order valence-electron chi connectivity index (χ0n) is 8.52. The number of rotatable bonds is 3. The molecule has 0 radical (unpaired) electrons. The minimum atomic E-state index is -1.56. The van der Waals surface area contributed by atoms with Gasteiger partial charge in [0.25, 0.3) is 0 Å². The Kier molecular flexibility index (Phi) is 3.08. The molecule has 0 saturated heterocycles. The van der Waals surface area contributed by atoms with E-state index in [0.717, 1.165) is 5.69 Å². The highest BCUT2D eigenvalue weighted by atomic mass is 32.2. The summed E-state index contributed by atoms with van der Waals surface area (Å²) in [6, 6.07) is 1.65. The maximum atomic E-state index is 10.9. The van der Waals surface area contributed by atoms with Gasteiger partial charge in [-0.05, 0) is 19.9 Å². The molecule has 0 aliphatic heterocycles. The van der Waals surface area contributed by atoms with Crippen LogP contribution in [0, 0.1) is 0 Å². The molecular formula is C8H15N3O2S. The summed E-state index contributed by atoms with van der Waals surface area (Å²) >= 11 is 0. The summed E-state index contributed by atoms with van der Waals surface area (Å²) in [5.41, 5.74) is 0.00698. The second kappa shape index (κ2) is 3.80. The van der Waals surface area contributed by atoms with Crippen LogP contribution in [0.15, 0.2) is 11.1 Å². The fourth-order valence-electron chi connectivity index (χ4n) is 1.18. The van der Waals surface area contributed by atoms with E-state index >= 15 is 0 Å². The van der Waals surface area contributed by atoms with Gasteiger partial charge in [0.1, 0.15) is 11.0 Å². The quantitative estimate of drug-likeness (QED) is 0.730. The molecule has 0 aliphatic rings. The first-order chi connectivity index (χ1) is 6.29. The van der Waals surface area contributed by atoms with E-state index in [1.807, 2.05) is 0 Å². The van der Waals surface area contributed by atoms with E-state index in [2.05, 4.69) is 5.10 Å². The van der Waals surface area contributed by atoms with Crippen molar-refractivity contribution < 1.29 is 9.32 Å². The second-order valence-electron chi connectivity index (χ2n) is 3.88. The van der Waals surface area contributed by atoms with Crippen molar-refractivity contribution in [1.82, 2.24) is 9.78 Å². The van der Waals surface area contributed by atoms with Crippen molar-refractivity contribution in [3.05, 3.63) is 11.8 Å². The Bertz CT molecular complexity index is 354. The molecule has 1 atom stereocenters. The number of aryl methyl sites for hydroxylation is 1. The van der Waals surface area contributed by atoms with E-state index in [4.69, 9.17) is 5.14 Å². The minimum absolute atomic E-state index is 0.340. The molecule has 1 aromatic heterocycles.